The molecule has 41 heavy (non-hydrogen) atoms. The Bertz CT molecular complexity index is 1040. The molecule has 4 fully saturated rings. The topological polar surface area (TPSA) is 95.6 Å². The summed E-state index contributed by atoms with van der Waals surface area (Å²) in [4.78, 5) is 14.2. The van der Waals surface area contributed by atoms with Gasteiger partial charge in [-0.3, -0.25) is 4.79 Å². The van der Waals surface area contributed by atoms with Crippen molar-refractivity contribution in [2.24, 2.45) is 56.0 Å². The standard InChI is InChI=1S/C36H62N2O3/c1-31(2)16-18-36(30(41)38-21-11-9-8-10-20-37)19-17-34(6)24(25(36)22-31)12-13-28-33(5)23-26(39)29(40)32(3,4)27(33)14-15-35(28,34)7/h12,25-29,39-40H,8-11,13-23,37H2,1-7H3,(H,38,41)/t25-,26+,27-,28+,29-,33-,34+,35+,36-/m0/s1. The summed E-state index contributed by atoms with van der Waals surface area (Å²) in [7, 11) is 0. The van der Waals surface area contributed by atoms with Gasteiger partial charge in [0.1, 0.15) is 0 Å². The van der Waals surface area contributed by atoms with Crippen molar-refractivity contribution in [1.82, 2.24) is 5.32 Å². The van der Waals surface area contributed by atoms with Crippen LogP contribution in [-0.2, 0) is 4.79 Å². The Kier molecular flexibility index (Phi) is 8.16. The van der Waals surface area contributed by atoms with E-state index >= 15 is 0 Å². The summed E-state index contributed by atoms with van der Waals surface area (Å²) < 4.78 is 0. The van der Waals surface area contributed by atoms with E-state index in [1.165, 1.54) is 0 Å². The third kappa shape index (κ3) is 4.69. The van der Waals surface area contributed by atoms with Gasteiger partial charge in [-0.05, 0) is 122 Å². The molecule has 0 aromatic carbocycles. The predicted molar refractivity (Wildman–Crippen MR) is 167 cm³/mol. The van der Waals surface area contributed by atoms with Crippen LogP contribution in [0.1, 0.15) is 132 Å². The Morgan fingerprint density at radius 2 is 1.59 bits per heavy atom. The molecule has 4 saturated carbocycles. The molecule has 5 N–H and O–H groups in total. The van der Waals surface area contributed by atoms with Gasteiger partial charge in [0.2, 0.25) is 5.91 Å². The number of hydrogen-bond donors (Lipinski definition) is 4. The number of aliphatic hydroxyl groups excluding tert-OH is 2. The molecule has 5 aliphatic carbocycles. The van der Waals surface area contributed by atoms with Crippen molar-refractivity contribution in [3.8, 4) is 0 Å². The average molecular weight is 571 g/mol. The summed E-state index contributed by atoms with van der Waals surface area (Å²) in [6.45, 7) is 18.3. The summed E-state index contributed by atoms with van der Waals surface area (Å²) in [6, 6.07) is 0. The van der Waals surface area contributed by atoms with E-state index in [0.29, 0.717) is 30.1 Å². The highest BCUT2D eigenvalue weighted by molar-refractivity contribution is 5.84. The molecule has 0 heterocycles. The first-order valence-electron chi connectivity index (χ1n) is 17.1. The molecule has 0 aromatic rings. The van der Waals surface area contributed by atoms with Crippen LogP contribution in [0.3, 0.4) is 0 Å². The molecule has 0 aliphatic heterocycles. The fourth-order valence-electron chi connectivity index (χ4n) is 11.8. The van der Waals surface area contributed by atoms with Gasteiger partial charge in [0.15, 0.2) is 0 Å². The first kappa shape index (κ1) is 31.5. The third-order valence-corrected chi connectivity index (χ3v) is 14.4. The number of nitrogens with two attached hydrogens (primary N) is 1. The number of hydrogen-bond acceptors (Lipinski definition) is 4. The Labute approximate surface area is 250 Å². The largest absolute Gasteiger partial charge is 0.390 e. The van der Waals surface area contributed by atoms with Crippen molar-refractivity contribution >= 4 is 5.91 Å². The van der Waals surface area contributed by atoms with Gasteiger partial charge in [0.25, 0.3) is 0 Å². The summed E-state index contributed by atoms with van der Waals surface area (Å²) >= 11 is 0. The smallest absolute Gasteiger partial charge is 0.226 e. The molecule has 234 valence electrons. The van der Waals surface area contributed by atoms with E-state index in [9.17, 15) is 15.0 Å². The SMILES string of the molecule is CC1(C)CC[C@]2(C(=O)NCCCCCCN)CC[C@]3(C)C(=CC[C@@H]4[C@@]5(C)C[C@@H](O)[C@H](O)C(C)(C)[C@@H]5CC[C@]43C)[C@@H]2C1. The molecule has 5 heteroatoms. The van der Waals surface area contributed by atoms with Crippen molar-refractivity contribution in [3.63, 3.8) is 0 Å². The first-order chi connectivity index (χ1) is 19.1. The highest BCUT2D eigenvalue weighted by atomic mass is 16.3. The third-order valence-electron chi connectivity index (χ3n) is 14.4. The first-order valence-corrected chi connectivity index (χ1v) is 17.1. The molecule has 0 bridgehead atoms. The number of amides is 1. The van der Waals surface area contributed by atoms with Crippen molar-refractivity contribution in [3.05, 3.63) is 11.6 Å². The minimum Gasteiger partial charge on any atom is -0.390 e. The molecular weight excluding hydrogens is 508 g/mol. The lowest BCUT2D eigenvalue weighted by atomic mass is 9.33. The number of aliphatic hydroxyl groups is 2. The summed E-state index contributed by atoms with van der Waals surface area (Å²) in [5.41, 5.74) is 7.08. The lowest BCUT2D eigenvalue weighted by Crippen LogP contribution is -2.67. The molecule has 5 aliphatic rings. The zero-order valence-corrected chi connectivity index (χ0v) is 27.5. The van der Waals surface area contributed by atoms with Gasteiger partial charge in [0.05, 0.1) is 17.6 Å². The highest BCUT2D eigenvalue weighted by Crippen LogP contribution is 2.75. The van der Waals surface area contributed by atoms with Gasteiger partial charge in [-0.2, -0.15) is 0 Å². The number of nitrogens with one attached hydrogen (secondary N) is 1. The lowest BCUT2D eigenvalue weighted by molar-refractivity contribution is -0.231. The molecule has 9 atom stereocenters. The Morgan fingerprint density at radius 1 is 0.902 bits per heavy atom. The number of carbonyl (C=O) groups is 1. The number of fused-ring (bicyclic) bond motifs is 7. The summed E-state index contributed by atoms with van der Waals surface area (Å²) in [5, 5.41) is 25.6. The van der Waals surface area contributed by atoms with Crippen LogP contribution in [-0.4, -0.2) is 41.4 Å². The molecule has 0 aromatic heterocycles. The zero-order valence-electron chi connectivity index (χ0n) is 27.5. The fraction of sp³-hybridized carbons (Fsp3) is 0.917. The number of unbranched alkanes of at least 4 members (excludes halogenated alkanes) is 3. The number of allylic oxidation sites excluding steroid dienone is 2. The zero-order chi connectivity index (χ0) is 30.1. The van der Waals surface area contributed by atoms with E-state index in [0.717, 1.165) is 90.1 Å². The van der Waals surface area contributed by atoms with Gasteiger partial charge < -0.3 is 21.3 Å². The van der Waals surface area contributed by atoms with E-state index in [-0.39, 0.29) is 32.5 Å². The van der Waals surface area contributed by atoms with Crippen LogP contribution in [0.4, 0.5) is 0 Å². The second-order valence-electron chi connectivity index (χ2n) is 17.4. The molecule has 0 radical (unpaired) electrons. The van der Waals surface area contributed by atoms with E-state index in [4.69, 9.17) is 5.73 Å². The summed E-state index contributed by atoms with van der Waals surface area (Å²) in [5.74, 6) is 1.49. The van der Waals surface area contributed by atoms with Gasteiger partial charge >= 0.3 is 0 Å². The molecule has 1 amide bonds. The van der Waals surface area contributed by atoms with Gasteiger partial charge in [0, 0.05) is 6.54 Å². The van der Waals surface area contributed by atoms with Gasteiger partial charge in [-0.25, -0.2) is 0 Å². The molecule has 5 rings (SSSR count). The van der Waals surface area contributed by atoms with E-state index < -0.39 is 12.2 Å². The normalized spacial score (nSPS) is 46.3. The van der Waals surface area contributed by atoms with E-state index in [1.807, 2.05) is 0 Å². The van der Waals surface area contributed by atoms with Crippen LogP contribution in [0, 0.1) is 50.2 Å². The van der Waals surface area contributed by atoms with E-state index in [2.05, 4.69) is 59.9 Å². The second-order valence-corrected chi connectivity index (χ2v) is 17.4. The van der Waals surface area contributed by atoms with Crippen molar-refractivity contribution < 1.29 is 15.0 Å². The van der Waals surface area contributed by atoms with Crippen molar-refractivity contribution in [2.45, 2.75) is 144 Å². The maximum absolute atomic E-state index is 14.2. The molecule has 0 saturated heterocycles. The lowest BCUT2D eigenvalue weighted by Gasteiger charge is -2.71. The quantitative estimate of drug-likeness (QED) is 0.201. The predicted octanol–water partition coefficient (Wildman–Crippen LogP) is 6.76. The van der Waals surface area contributed by atoms with Crippen LogP contribution < -0.4 is 11.1 Å². The van der Waals surface area contributed by atoms with Crippen LogP contribution in [0.15, 0.2) is 11.6 Å². The molecule has 0 unspecified atom stereocenters. The van der Waals surface area contributed by atoms with Crippen LogP contribution in [0.2, 0.25) is 0 Å². The second kappa shape index (κ2) is 10.6. The molecule has 0 spiro atoms. The number of rotatable bonds is 7. The highest BCUT2D eigenvalue weighted by Gasteiger charge is 2.69. The van der Waals surface area contributed by atoms with Gasteiger partial charge in [-0.15, -0.1) is 0 Å². The summed E-state index contributed by atoms with van der Waals surface area (Å²) in [6.07, 6.45) is 14.9. The van der Waals surface area contributed by atoms with Crippen molar-refractivity contribution in [1.29, 1.82) is 0 Å². The van der Waals surface area contributed by atoms with Crippen LogP contribution in [0.5, 0.6) is 0 Å². The Balaban J connectivity index is 1.47. The van der Waals surface area contributed by atoms with Crippen molar-refractivity contribution in [2.75, 3.05) is 13.1 Å². The molecular formula is C36H62N2O3. The minimum atomic E-state index is -0.663. The maximum Gasteiger partial charge on any atom is 0.226 e. The van der Waals surface area contributed by atoms with Crippen LogP contribution >= 0.6 is 0 Å². The van der Waals surface area contributed by atoms with E-state index in [1.54, 1.807) is 5.57 Å². The Morgan fingerprint density at radius 3 is 2.29 bits per heavy atom. The fourth-order valence-corrected chi connectivity index (χ4v) is 11.8. The minimum absolute atomic E-state index is 0.0121. The van der Waals surface area contributed by atoms with Gasteiger partial charge in [-0.1, -0.05) is 73.0 Å². The average Bonchev–Trinajstić information content (AvgIpc) is 2.89. The number of carbonyl (C=O) groups excluding carboxylic acids is 1. The Hall–Kier alpha value is -0.910. The van der Waals surface area contributed by atoms with Crippen LogP contribution in [0.25, 0.3) is 0 Å². The molecule has 5 nitrogen and oxygen atoms in total. The monoisotopic (exact) mass is 570 g/mol. The maximum atomic E-state index is 14.2.